The molecule has 0 aliphatic carbocycles. The molecule has 0 bridgehead atoms. The Morgan fingerprint density at radius 2 is 2.00 bits per heavy atom. The molecule has 0 aliphatic heterocycles. The molecular formula is C20H20N4O2. The van der Waals surface area contributed by atoms with Gasteiger partial charge >= 0.3 is 0 Å². The van der Waals surface area contributed by atoms with Crippen molar-refractivity contribution in [3.63, 3.8) is 0 Å². The summed E-state index contributed by atoms with van der Waals surface area (Å²) in [5, 5.41) is 5.56. The standard InChI is InChI=1S/C20H20N4O2/c1-4-10-21-19(25)17-16-7-5-6-11-24(16)18(23-17)20(26)22-15-9-8-13(2)12-14(15)3/h4-9,11-12H,1,10H2,2-3H3,(H,21,25)(H,22,26). The van der Waals surface area contributed by atoms with Crippen molar-refractivity contribution in [2.75, 3.05) is 11.9 Å². The first-order valence-corrected chi connectivity index (χ1v) is 8.26. The second kappa shape index (κ2) is 7.23. The minimum Gasteiger partial charge on any atom is -0.347 e. The van der Waals surface area contributed by atoms with Crippen LogP contribution in [0.1, 0.15) is 32.2 Å². The molecule has 0 atom stereocenters. The maximum atomic E-state index is 12.8. The van der Waals surface area contributed by atoms with Crippen molar-refractivity contribution in [1.82, 2.24) is 14.7 Å². The van der Waals surface area contributed by atoms with Gasteiger partial charge in [-0.3, -0.25) is 14.0 Å². The molecule has 0 saturated heterocycles. The summed E-state index contributed by atoms with van der Waals surface area (Å²) in [6.07, 6.45) is 3.30. The van der Waals surface area contributed by atoms with Crippen molar-refractivity contribution in [2.45, 2.75) is 13.8 Å². The molecule has 0 radical (unpaired) electrons. The SMILES string of the molecule is C=CCNC(=O)c1nc(C(=O)Nc2ccc(C)cc2C)n2ccccc12. The Morgan fingerprint density at radius 1 is 1.19 bits per heavy atom. The van der Waals surface area contributed by atoms with Gasteiger partial charge in [0.15, 0.2) is 5.69 Å². The lowest BCUT2D eigenvalue weighted by molar-refractivity contribution is 0.0955. The van der Waals surface area contributed by atoms with Crippen LogP contribution in [-0.2, 0) is 0 Å². The Balaban J connectivity index is 1.97. The van der Waals surface area contributed by atoms with E-state index in [0.29, 0.717) is 17.7 Å². The molecule has 2 N–H and O–H groups in total. The van der Waals surface area contributed by atoms with Crippen LogP contribution in [0.5, 0.6) is 0 Å². The van der Waals surface area contributed by atoms with Gasteiger partial charge in [0.25, 0.3) is 11.8 Å². The number of nitrogens with zero attached hydrogens (tertiary/aromatic N) is 2. The van der Waals surface area contributed by atoms with Gasteiger partial charge in [-0.15, -0.1) is 6.58 Å². The second-order valence-electron chi connectivity index (χ2n) is 6.01. The molecule has 3 aromatic rings. The zero-order chi connectivity index (χ0) is 18.7. The maximum Gasteiger partial charge on any atom is 0.292 e. The Morgan fingerprint density at radius 3 is 2.73 bits per heavy atom. The monoisotopic (exact) mass is 348 g/mol. The van der Waals surface area contributed by atoms with E-state index in [1.807, 2.05) is 32.0 Å². The van der Waals surface area contributed by atoms with Gasteiger partial charge in [0.1, 0.15) is 0 Å². The van der Waals surface area contributed by atoms with E-state index in [9.17, 15) is 9.59 Å². The lowest BCUT2D eigenvalue weighted by atomic mass is 10.1. The predicted octanol–water partition coefficient (Wildman–Crippen LogP) is 3.12. The third-order valence-corrected chi connectivity index (χ3v) is 4.00. The van der Waals surface area contributed by atoms with Crippen LogP contribution in [0.3, 0.4) is 0 Å². The van der Waals surface area contributed by atoms with E-state index >= 15 is 0 Å². The molecule has 2 aromatic heterocycles. The van der Waals surface area contributed by atoms with E-state index < -0.39 is 0 Å². The molecule has 6 heteroatoms. The third kappa shape index (κ3) is 3.35. The third-order valence-electron chi connectivity index (χ3n) is 4.00. The number of pyridine rings is 1. The number of carbonyl (C=O) groups is 2. The first-order valence-electron chi connectivity index (χ1n) is 8.26. The molecule has 0 aliphatic rings. The Hall–Kier alpha value is -3.41. The van der Waals surface area contributed by atoms with Gasteiger partial charge in [-0.1, -0.05) is 29.8 Å². The van der Waals surface area contributed by atoms with Gasteiger partial charge in [0, 0.05) is 18.4 Å². The van der Waals surface area contributed by atoms with E-state index in [-0.39, 0.29) is 23.3 Å². The highest BCUT2D eigenvalue weighted by molar-refractivity contribution is 6.06. The zero-order valence-electron chi connectivity index (χ0n) is 14.7. The van der Waals surface area contributed by atoms with Crippen LogP contribution in [0, 0.1) is 13.8 Å². The molecule has 0 fully saturated rings. The van der Waals surface area contributed by atoms with Crippen molar-refractivity contribution in [3.05, 3.63) is 77.9 Å². The molecule has 1 aromatic carbocycles. The number of imidazole rings is 1. The van der Waals surface area contributed by atoms with Gasteiger partial charge in [0.2, 0.25) is 5.82 Å². The molecular weight excluding hydrogens is 328 g/mol. The number of aryl methyl sites for hydroxylation is 2. The average molecular weight is 348 g/mol. The first kappa shape index (κ1) is 17.4. The highest BCUT2D eigenvalue weighted by Crippen LogP contribution is 2.19. The van der Waals surface area contributed by atoms with Crippen molar-refractivity contribution >= 4 is 23.0 Å². The molecule has 132 valence electrons. The van der Waals surface area contributed by atoms with E-state index in [1.165, 1.54) is 0 Å². The van der Waals surface area contributed by atoms with Crippen molar-refractivity contribution in [3.8, 4) is 0 Å². The van der Waals surface area contributed by atoms with Crippen molar-refractivity contribution in [1.29, 1.82) is 0 Å². The summed E-state index contributed by atoms with van der Waals surface area (Å²) in [6.45, 7) is 7.83. The molecule has 2 amide bonds. The van der Waals surface area contributed by atoms with Crippen LogP contribution in [0.4, 0.5) is 5.69 Å². The highest BCUT2D eigenvalue weighted by atomic mass is 16.2. The molecule has 3 rings (SSSR count). The number of amides is 2. The van der Waals surface area contributed by atoms with E-state index in [1.54, 1.807) is 34.9 Å². The minimum absolute atomic E-state index is 0.157. The summed E-state index contributed by atoms with van der Waals surface area (Å²) in [6, 6.07) is 11.1. The van der Waals surface area contributed by atoms with Crippen LogP contribution in [-0.4, -0.2) is 27.7 Å². The summed E-state index contributed by atoms with van der Waals surface area (Å²) in [5.41, 5.74) is 3.57. The molecule has 0 saturated carbocycles. The number of aromatic nitrogens is 2. The van der Waals surface area contributed by atoms with E-state index in [0.717, 1.165) is 11.1 Å². The van der Waals surface area contributed by atoms with Crippen LogP contribution >= 0.6 is 0 Å². The Kier molecular flexibility index (Phi) is 4.84. The van der Waals surface area contributed by atoms with Crippen molar-refractivity contribution < 1.29 is 9.59 Å². The van der Waals surface area contributed by atoms with Gasteiger partial charge in [-0.2, -0.15) is 0 Å². The van der Waals surface area contributed by atoms with Crippen LogP contribution < -0.4 is 10.6 Å². The summed E-state index contributed by atoms with van der Waals surface area (Å²) in [4.78, 5) is 29.4. The second-order valence-corrected chi connectivity index (χ2v) is 6.01. The van der Waals surface area contributed by atoms with Crippen LogP contribution in [0.25, 0.3) is 5.52 Å². The Bertz CT molecular complexity index is 1000. The number of rotatable bonds is 5. The normalized spacial score (nSPS) is 10.5. The fourth-order valence-electron chi connectivity index (χ4n) is 2.75. The number of nitrogens with one attached hydrogen (secondary N) is 2. The highest BCUT2D eigenvalue weighted by Gasteiger charge is 2.21. The summed E-state index contributed by atoms with van der Waals surface area (Å²) in [5.74, 6) is -0.565. The van der Waals surface area contributed by atoms with Crippen LogP contribution in [0.2, 0.25) is 0 Å². The average Bonchev–Trinajstić information content (AvgIpc) is 3.02. The number of anilines is 1. The molecule has 6 nitrogen and oxygen atoms in total. The lowest BCUT2D eigenvalue weighted by Crippen LogP contribution is -2.24. The largest absolute Gasteiger partial charge is 0.347 e. The van der Waals surface area contributed by atoms with E-state index in [4.69, 9.17) is 0 Å². The smallest absolute Gasteiger partial charge is 0.292 e. The number of hydrogen-bond acceptors (Lipinski definition) is 3. The number of carbonyl (C=O) groups excluding carboxylic acids is 2. The zero-order valence-corrected chi connectivity index (χ0v) is 14.7. The fraction of sp³-hybridized carbons (Fsp3) is 0.150. The summed E-state index contributed by atoms with van der Waals surface area (Å²) in [7, 11) is 0. The fourth-order valence-corrected chi connectivity index (χ4v) is 2.75. The summed E-state index contributed by atoms with van der Waals surface area (Å²) < 4.78 is 1.61. The molecule has 2 heterocycles. The Labute approximate surface area is 151 Å². The molecule has 0 spiro atoms. The van der Waals surface area contributed by atoms with Gasteiger partial charge in [-0.05, 0) is 37.6 Å². The van der Waals surface area contributed by atoms with Crippen molar-refractivity contribution in [2.24, 2.45) is 0 Å². The summed E-state index contributed by atoms with van der Waals surface area (Å²) >= 11 is 0. The maximum absolute atomic E-state index is 12.8. The number of hydrogen-bond donors (Lipinski definition) is 2. The van der Waals surface area contributed by atoms with E-state index in [2.05, 4.69) is 22.2 Å². The lowest BCUT2D eigenvalue weighted by Gasteiger charge is -2.08. The number of benzene rings is 1. The quantitative estimate of drug-likeness (QED) is 0.696. The van der Waals surface area contributed by atoms with Gasteiger partial charge in [-0.25, -0.2) is 4.98 Å². The van der Waals surface area contributed by atoms with Crippen LogP contribution in [0.15, 0.2) is 55.3 Å². The predicted molar refractivity (Wildman–Crippen MR) is 102 cm³/mol. The minimum atomic E-state index is -0.374. The van der Waals surface area contributed by atoms with Gasteiger partial charge < -0.3 is 10.6 Å². The molecule has 0 unspecified atom stereocenters. The topological polar surface area (TPSA) is 75.5 Å². The first-order chi connectivity index (χ1) is 12.5. The molecule has 26 heavy (non-hydrogen) atoms. The number of fused-ring (bicyclic) bond motifs is 1. The van der Waals surface area contributed by atoms with Gasteiger partial charge in [0.05, 0.1) is 5.52 Å².